The molecule has 0 spiro atoms. The molecule has 4 aliphatic rings. The van der Waals surface area contributed by atoms with Crippen LogP contribution in [-0.2, 0) is 4.79 Å². The van der Waals surface area contributed by atoms with Crippen molar-refractivity contribution in [1.82, 2.24) is 5.32 Å². The van der Waals surface area contributed by atoms with Gasteiger partial charge in [0.05, 0.1) is 12.2 Å². The maximum atomic E-state index is 11.8. The summed E-state index contributed by atoms with van der Waals surface area (Å²) in [5.41, 5.74) is 0.591. The third-order valence-electron chi connectivity index (χ3n) is 11.1. The Morgan fingerprint density at radius 2 is 1.71 bits per heavy atom. The summed E-state index contributed by atoms with van der Waals surface area (Å²) in [6.07, 6.45) is 9.69. The lowest BCUT2D eigenvalue weighted by Gasteiger charge is -2.64. The maximum Gasteiger partial charge on any atom is 0.216 e. The molecule has 178 valence electrons. The van der Waals surface area contributed by atoms with Gasteiger partial charge in [-0.05, 0) is 104 Å². The van der Waals surface area contributed by atoms with E-state index in [0.29, 0.717) is 46.8 Å². The van der Waals surface area contributed by atoms with Gasteiger partial charge in [-0.25, -0.2) is 0 Å². The molecule has 4 fully saturated rings. The van der Waals surface area contributed by atoms with Crippen LogP contribution in [-0.4, -0.2) is 34.9 Å². The van der Waals surface area contributed by atoms with Gasteiger partial charge in [0.25, 0.3) is 0 Å². The summed E-state index contributed by atoms with van der Waals surface area (Å²) >= 11 is 0. The standard InChI is InChI=1S/C27H47NO3/c1-6-19-23-15-18(30)9-12-27(23,5)22-10-13-26(4)20(16(2)11-14-28-17(3)29)7-8-21(26)24(22)25(19)31/h16,18-25,30-31H,6-15H2,1-5H3,(H,28,29)/t16-,18-,19-,20-,21+,22+,23+,24+,25-,26-,27-/m1/s1. The molecule has 31 heavy (non-hydrogen) atoms. The van der Waals surface area contributed by atoms with Gasteiger partial charge in [-0.1, -0.05) is 34.1 Å². The molecule has 11 atom stereocenters. The lowest BCUT2D eigenvalue weighted by atomic mass is 9.41. The van der Waals surface area contributed by atoms with Crippen LogP contribution in [0, 0.1) is 52.3 Å². The lowest BCUT2D eigenvalue weighted by Crippen LogP contribution is -2.62. The van der Waals surface area contributed by atoms with Crippen molar-refractivity contribution in [2.24, 2.45) is 52.3 Å². The molecule has 1 amide bonds. The van der Waals surface area contributed by atoms with Gasteiger partial charge >= 0.3 is 0 Å². The first kappa shape index (κ1) is 23.5. The molecule has 3 N–H and O–H groups in total. The van der Waals surface area contributed by atoms with Crippen molar-refractivity contribution in [3.05, 3.63) is 0 Å². The van der Waals surface area contributed by atoms with E-state index in [2.05, 4.69) is 33.0 Å². The largest absolute Gasteiger partial charge is 0.393 e. The van der Waals surface area contributed by atoms with Crippen LogP contribution in [0.15, 0.2) is 0 Å². The average molecular weight is 434 g/mol. The van der Waals surface area contributed by atoms with E-state index in [1.54, 1.807) is 6.92 Å². The first-order valence-electron chi connectivity index (χ1n) is 13.2. The van der Waals surface area contributed by atoms with Gasteiger partial charge in [0, 0.05) is 13.5 Å². The van der Waals surface area contributed by atoms with Crippen LogP contribution < -0.4 is 5.32 Å². The lowest BCUT2D eigenvalue weighted by molar-refractivity contribution is -0.203. The van der Waals surface area contributed by atoms with Crippen molar-refractivity contribution in [2.75, 3.05) is 6.54 Å². The molecule has 0 heterocycles. The maximum absolute atomic E-state index is 11.8. The Bertz CT molecular complexity index is 667. The predicted molar refractivity (Wildman–Crippen MR) is 124 cm³/mol. The van der Waals surface area contributed by atoms with E-state index >= 15 is 0 Å². The Morgan fingerprint density at radius 1 is 1.03 bits per heavy atom. The summed E-state index contributed by atoms with van der Waals surface area (Å²) in [5, 5.41) is 25.2. The highest BCUT2D eigenvalue weighted by molar-refractivity contribution is 5.72. The van der Waals surface area contributed by atoms with Crippen molar-refractivity contribution in [2.45, 2.75) is 105 Å². The third-order valence-corrected chi connectivity index (χ3v) is 11.1. The molecular weight excluding hydrogens is 386 g/mol. The number of nitrogens with one attached hydrogen (secondary N) is 1. The summed E-state index contributed by atoms with van der Waals surface area (Å²) in [5.74, 6) is 3.82. The zero-order valence-corrected chi connectivity index (χ0v) is 20.6. The fourth-order valence-electron chi connectivity index (χ4n) is 9.61. The van der Waals surface area contributed by atoms with Crippen LogP contribution in [0.3, 0.4) is 0 Å². The Hall–Kier alpha value is -0.610. The molecule has 0 saturated heterocycles. The van der Waals surface area contributed by atoms with E-state index in [1.165, 1.54) is 25.7 Å². The second-order valence-corrected chi connectivity index (χ2v) is 12.4. The summed E-state index contributed by atoms with van der Waals surface area (Å²) in [4.78, 5) is 11.3. The number of carbonyl (C=O) groups excluding carboxylic acids is 1. The van der Waals surface area contributed by atoms with Gasteiger partial charge in [0.2, 0.25) is 5.91 Å². The number of carbonyl (C=O) groups is 1. The van der Waals surface area contributed by atoms with Gasteiger partial charge < -0.3 is 15.5 Å². The number of hydrogen-bond donors (Lipinski definition) is 3. The molecule has 0 aromatic heterocycles. The normalized spacial score (nSPS) is 50.2. The number of aliphatic hydroxyl groups excluding tert-OH is 2. The molecule has 4 heteroatoms. The number of rotatable bonds is 5. The third kappa shape index (κ3) is 3.78. The Morgan fingerprint density at radius 3 is 2.39 bits per heavy atom. The highest BCUT2D eigenvalue weighted by atomic mass is 16.3. The molecule has 0 bridgehead atoms. The minimum Gasteiger partial charge on any atom is -0.393 e. The van der Waals surface area contributed by atoms with Gasteiger partial charge in [0.1, 0.15) is 0 Å². The van der Waals surface area contributed by atoms with Gasteiger partial charge in [-0.15, -0.1) is 0 Å². The minimum absolute atomic E-state index is 0.0690. The van der Waals surface area contributed by atoms with Crippen LogP contribution in [0.1, 0.15) is 92.4 Å². The van der Waals surface area contributed by atoms with Crippen LogP contribution >= 0.6 is 0 Å². The smallest absolute Gasteiger partial charge is 0.216 e. The molecule has 0 aliphatic heterocycles. The van der Waals surface area contributed by atoms with Gasteiger partial charge in [-0.3, -0.25) is 4.79 Å². The molecule has 4 saturated carbocycles. The van der Waals surface area contributed by atoms with Crippen LogP contribution in [0.5, 0.6) is 0 Å². The number of hydrogen-bond acceptors (Lipinski definition) is 3. The second-order valence-electron chi connectivity index (χ2n) is 12.4. The molecule has 4 aliphatic carbocycles. The van der Waals surface area contributed by atoms with E-state index < -0.39 is 0 Å². The van der Waals surface area contributed by atoms with Crippen molar-refractivity contribution in [3.8, 4) is 0 Å². The molecule has 0 aromatic rings. The molecule has 0 radical (unpaired) electrons. The SMILES string of the molecule is CC[C@H]1[C@@H](O)[C@@H]2[C@H](CC[C@]3(C)[C@@H]([C@H](C)CCNC(C)=O)CC[C@@H]23)[C@@]2(C)CC[C@@H](O)C[C@@H]12. The molecule has 4 nitrogen and oxygen atoms in total. The van der Waals surface area contributed by atoms with E-state index in [-0.39, 0.29) is 23.5 Å². The minimum atomic E-state index is -0.212. The number of aliphatic hydroxyl groups is 2. The Balaban J connectivity index is 1.57. The van der Waals surface area contributed by atoms with Gasteiger partial charge in [0.15, 0.2) is 0 Å². The fraction of sp³-hybridized carbons (Fsp3) is 0.963. The highest BCUT2D eigenvalue weighted by Crippen LogP contribution is 2.69. The van der Waals surface area contributed by atoms with Crippen molar-refractivity contribution in [3.63, 3.8) is 0 Å². The van der Waals surface area contributed by atoms with E-state index in [9.17, 15) is 15.0 Å². The first-order valence-corrected chi connectivity index (χ1v) is 13.2. The second kappa shape index (κ2) is 8.63. The topological polar surface area (TPSA) is 69.6 Å². The molecule has 0 aromatic carbocycles. The molecule has 4 rings (SSSR count). The predicted octanol–water partition coefficient (Wildman–Crippen LogP) is 4.78. The van der Waals surface area contributed by atoms with Crippen LogP contribution in [0.25, 0.3) is 0 Å². The zero-order valence-electron chi connectivity index (χ0n) is 20.6. The zero-order chi connectivity index (χ0) is 22.6. The summed E-state index contributed by atoms with van der Waals surface area (Å²) in [6.45, 7) is 12.1. The first-order chi connectivity index (χ1) is 14.6. The summed E-state index contributed by atoms with van der Waals surface area (Å²) < 4.78 is 0. The van der Waals surface area contributed by atoms with Crippen LogP contribution in [0.4, 0.5) is 0 Å². The van der Waals surface area contributed by atoms with Crippen LogP contribution in [0.2, 0.25) is 0 Å². The number of amides is 1. The van der Waals surface area contributed by atoms with E-state index in [4.69, 9.17) is 0 Å². The van der Waals surface area contributed by atoms with E-state index in [0.717, 1.165) is 38.6 Å². The average Bonchev–Trinajstić information content (AvgIpc) is 3.06. The Kier molecular flexibility index (Phi) is 6.55. The van der Waals surface area contributed by atoms with Crippen molar-refractivity contribution >= 4 is 5.91 Å². The van der Waals surface area contributed by atoms with Crippen molar-refractivity contribution < 1.29 is 15.0 Å². The van der Waals surface area contributed by atoms with E-state index in [1.807, 2.05) is 0 Å². The molecular formula is C27H47NO3. The van der Waals surface area contributed by atoms with Gasteiger partial charge in [-0.2, -0.15) is 0 Å². The monoisotopic (exact) mass is 433 g/mol. The summed E-state index contributed by atoms with van der Waals surface area (Å²) in [6, 6.07) is 0. The highest BCUT2D eigenvalue weighted by Gasteiger charge is 2.64. The Labute approximate surface area is 190 Å². The fourth-order valence-corrected chi connectivity index (χ4v) is 9.61. The summed E-state index contributed by atoms with van der Waals surface area (Å²) in [7, 11) is 0. The number of fused-ring (bicyclic) bond motifs is 5. The molecule has 0 unspecified atom stereocenters. The van der Waals surface area contributed by atoms with Crippen molar-refractivity contribution in [1.29, 1.82) is 0 Å². The quantitative estimate of drug-likeness (QED) is 0.585.